The summed E-state index contributed by atoms with van der Waals surface area (Å²) >= 11 is 12.2. The van der Waals surface area contributed by atoms with E-state index in [9.17, 15) is 4.79 Å². The largest absolute Gasteiger partial charge is 0.352 e. The second kappa shape index (κ2) is 8.90. The predicted octanol–water partition coefficient (Wildman–Crippen LogP) is 4.83. The summed E-state index contributed by atoms with van der Waals surface area (Å²) in [7, 11) is 0. The van der Waals surface area contributed by atoms with Gasteiger partial charge in [0, 0.05) is 29.1 Å². The van der Waals surface area contributed by atoms with Crippen molar-refractivity contribution in [3.05, 3.63) is 69.2 Å². The molecule has 0 aliphatic carbocycles. The predicted molar refractivity (Wildman–Crippen MR) is 107 cm³/mol. The molecule has 1 amide bonds. The third kappa shape index (κ3) is 5.23. The Kier molecular flexibility index (Phi) is 6.58. The van der Waals surface area contributed by atoms with Gasteiger partial charge in [-0.2, -0.15) is 0 Å². The van der Waals surface area contributed by atoms with Crippen LogP contribution in [0.25, 0.3) is 0 Å². The summed E-state index contributed by atoms with van der Waals surface area (Å²) in [5.74, 6) is 0.257. The molecule has 1 N–H and O–H groups in total. The van der Waals surface area contributed by atoms with Crippen molar-refractivity contribution in [2.75, 3.05) is 13.1 Å². The number of carbonyl (C=O) groups is 1. The second-order valence-corrected chi connectivity index (χ2v) is 7.84. The van der Waals surface area contributed by atoms with E-state index in [4.69, 9.17) is 23.2 Å². The van der Waals surface area contributed by atoms with Crippen LogP contribution in [0.5, 0.6) is 0 Å². The Morgan fingerprint density at radius 3 is 2.62 bits per heavy atom. The molecular weight excluding hydrogens is 367 g/mol. The molecule has 2 aromatic carbocycles. The minimum Gasteiger partial charge on any atom is -0.352 e. The van der Waals surface area contributed by atoms with E-state index in [0.29, 0.717) is 16.6 Å². The van der Waals surface area contributed by atoms with Gasteiger partial charge in [-0.3, -0.25) is 9.69 Å². The summed E-state index contributed by atoms with van der Waals surface area (Å²) in [5.41, 5.74) is 3.44. The van der Waals surface area contributed by atoms with E-state index < -0.39 is 0 Å². The maximum absolute atomic E-state index is 12.4. The number of nitrogens with zero attached hydrogens (tertiary/aromatic N) is 1. The Balaban J connectivity index is 1.46. The molecule has 0 unspecified atom stereocenters. The van der Waals surface area contributed by atoms with Crippen LogP contribution in [0.2, 0.25) is 10.0 Å². The minimum atomic E-state index is 0.0942. The molecule has 0 saturated carbocycles. The van der Waals surface area contributed by atoms with Gasteiger partial charge in [-0.1, -0.05) is 59.1 Å². The molecule has 2 aromatic rings. The van der Waals surface area contributed by atoms with E-state index in [0.717, 1.165) is 43.6 Å². The molecular formula is C21H24Cl2N2O. The van der Waals surface area contributed by atoms with Crippen LogP contribution >= 0.6 is 23.2 Å². The Hall–Kier alpha value is -1.55. The second-order valence-electron chi connectivity index (χ2n) is 6.99. The van der Waals surface area contributed by atoms with Gasteiger partial charge < -0.3 is 5.32 Å². The van der Waals surface area contributed by atoms with Gasteiger partial charge in [0.15, 0.2) is 0 Å². The van der Waals surface area contributed by atoms with E-state index in [-0.39, 0.29) is 11.8 Å². The van der Waals surface area contributed by atoms with Crippen LogP contribution in [-0.4, -0.2) is 23.9 Å². The molecule has 3 nitrogen and oxygen atoms in total. The first-order valence-corrected chi connectivity index (χ1v) is 9.76. The fourth-order valence-electron chi connectivity index (χ4n) is 3.40. The number of nitrogens with one attached hydrogen (secondary N) is 1. The lowest BCUT2D eigenvalue weighted by atomic mass is 9.95. The van der Waals surface area contributed by atoms with Gasteiger partial charge in [0.1, 0.15) is 0 Å². The lowest BCUT2D eigenvalue weighted by Crippen LogP contribution is -2.40. The topological polar surface area (TPSA) is 32.3 Å². The van der Waals surface area contributed by atoms with E-state index in [1.54, 1.807) is 6.07 Å². The zero-order valence-corrected chi connectivity index (χ0v) is 16.5. The Morgan fingerprint density at radius 2 is 1.92 bits per heavy atom. The molecule has 1 fully saturated rings. The molecule has 3 rings (SSSR count). The summed E-state index contributed by atoms with van der Waals surface area (Å²) in [4.78, 5) is 14.8. The smallest absolute Gasteiger partial charge is 0.223 e. The maximum Gasteiger partial charge on any atom is 0.223 e. The van der Waals surface area contributed by atoms with Crippen LogP contribution in [0.3, 0.4) is 0 Å². The average Bonchev–Trinajstić information content (AvgIpc) is 2.63. The number of carbonyl (C=O) groups excluding carboxylic acids is 1. The standard InChI is InChI=1S/C21H24Cl2N2O/c1-15-3-2-4-16(11-15)13-24-21(26)17-7-9-25(10-8-17)14-18-5-6-19(22)12-20(18)23/h2-6,11-12,17H,7-10,13-14H2,1H3,(H,24,26). The Morgan fingerprint density at radius 1 is 1.15 bits per heavy atom. The Labute approximate surface area is 165 Å². The Bertz CT molecular complexity index is 770. The summed E-state index contributed by atoms with van der Waals surface area (Å²) in [6.07, 6.45) is 1.76. The summed E-state index contributed by atoms with van der Waals surface area (Å²) in [5, 5.41) is 4.44. The highest BCUT2D eigenvalue weighted by atomic mass is 35.5. The molecule has 138 valence electrons. The van der Waals surface area contributed by atoms with Crippen molar-refractivity contribution in [2.45, 2.75) is 32.9 Å². The number of hydrogen-bond acceptors (Lipinski definition) is 2. The van der Waals surface area contributed by atoms with E-state index in [1.165, 1.54) is 5.56 Å². The van der Waals surface area contributed by atoms with E-state index >= 15 is 0 Å². The third-order valence-electron chi connectivity index (χ3n) is 4.92. The first-order chi connectivity index (χ1) is 12.5. The van der Waals surface area contributed by atoms with Crippen molar-refractivity contribution < 1.29 is 4.79 Å². The summed E-state index contributed by atoms with van der Waals surface area (Å²) in [6, 6.07) is 13.9. The van der Waals surface area contributed by atoms with Crippen LogP contribution in [0.4, 0.5) is 0 Å². The lowest BCUT2D eigenvalue weighted by Gasteiger charge is -2.31. The number of halogens is 2. The van der Waals surface area contributed by atoms with Crippen LogP contribution in [0.15, 0.2) is 42.5 Å². The van der Waals surface area contributed by atoms with Crippen molar-refractivity contribution in [1.82, 2.24) is 10.2 Å². The molecule has 0 radical (unpaired) electrons. The zero-order valence-electron chi connectivity index (χ0n) is 15.0. The van der Waals surface area contributed by atoms with E-state index in [1.807, 2.05) is 24.3 Å². The summed E-state index contributed by atoms with van der Waals surface area (Å²) < 4.78 is 0. The number of aryl methyl sites for hydroxylation is 1. The maximum atomic E-state index is 12.4. The first kappa shape index (κ1) is 19.2. The van der Waals surface area contributed by atoms with Crippen LogP contribution in [0.1, 0.15) is 29.5 Å². The highest BCUT2D eigenvalue weighted by molar-refractivity contribution is 6.35. The van der Waals surface area contributed by atoms with Crippen LogP contribution in [0, 0.1) is 12.8 Å². The highest BCUT2D eigenvalue weighted by Gasteiger charge is 2.25. The molecule has 1 aliphatic rings. The molecule has 0 atom stereocenters. The average molecular weight is 391 g/mol. The third-order valence-corrected chi connectivity index (χ3v) is 5.50. The first-order valence-electron chi connectivity index (χ1n) is 9.01. The van der Waals surface area contributed by atoms with Gasteiger partial charge in [-0.15, -0.1) is 0 Å². The summed E-state index contributed by atoms with van der Waals surface area (Å²) in [6.45, 7) is 5.27. The van der Waals surface area contributed by atoms with Gasteiger partial charge in [0.05, 0.1) is 0 Å². The number of benzene rings is 2. The number of hydrogen-bond donors (Lipinski definition) is 1. The fraction of sp³-hybridized carbons (Fsp3) is 0.381. The lowest BCUT2D eigenvalue weighted by molar-refractivity contribution is -0.126. The van der Waals surface area contributed by atoms with Crippen LogP contribution in [-0.2, 0) is 17.9 Å². The van der Waals surface area contributed by atoms with Gasteiger partial charge in [-0.05, 0) is 56.1 Å². The van der Waals surface area contributed by atoms with Gasteiger partial charge in [-0.25, -0.2) is 0 Å². The van der Waals surface area contributed by atoms with Crippen molar-refractivity contribution in [2.24, 2.45) is 5.92 Å². The van der Waals surface area contributed by atoms with Gasteiger partial charge >= 0.3 is 0 Å². The normalized spacial score (nSPS) is 15.8. The monoisotopic (exact) mass is 390 g/mol. The van der Waals surface area contributed by atoms with Gasteiger partial charge in [0.25, 0.3) is 0 Å². The quantitative estimate of drug-likeness (QED) is 0.792. The molecule has 1 aliphatic heterocycles. The van der Waals surface area contributed by atoms with Crippen molar-refractivity contribution in [3.63, 3.8) is 0 Å². The molecule has 5 heteroatoms. The van der Waals surface area contributed by atoms with Crippen LogP contribution < -0.4 is 5.32 Å². The van der Waals surface area contributed by atoms with E-state index in [2.05, 4.69) is 29.3 Å². The number of piperidine rings is 1. The molecule has 1 saturated heterocycles. The zero-order chi connectivity index (χ0) is 18.5. The molecule has 26 heavy (non-hydrogen) atoms. The SMILES string of the molecule is Cc1cccc(CNC(=O)C2CCN(Cc3ccc(Cl)cc3Cl)CC2)c1. The van der Waals surface area contributed by atoms with Crippen molar-refractivity contribution >= 4 is 29.1 Å². The molecule has 1 heterocycles. The number of likely N-dealkylation sites (tertiary alicyclic amines) is 1. The van der Waals surface area contributed by atoms with Crippen molar-refractivity contribution in [3.8, 4) is 0 Å². The molecule has 0 aromatic heterocycles. The number of amides is 1. The van der Waals surface area contributed by atoms with Gasteiger partial charge in [0.2, 0.25) is 5.91 Å². The minimum absolute atomic E-state index is 0.0942. The molecule has 0 bridgehead atoms. The number of rotatable bonds is 5. The molecule has 0 spiro atoms. The van der Waals surface area contributed by atoms with Crippen molar-refractivity contribution in [1.29, 1.82) is 0 Å². The fourth-order valence-corrected chi connectivity index (χ4v) is 3.87. The highest BCUT2D eigenvalue weighted by Crippen LogP contribution is 2.25.